The van der Waals surface area contributed by atoms with Crippen molar-refractivity contribution in [3.63, 3.8) is 0 Å². The Morgan fingerprint density at radius 2 is 2.31 bits per heavy atom. The lowest BCUT2D eigenvalue weighted by Crippen LogP contribution is -2.18. The van der Waals surface area contributed by atoms with E-state index in [1.54, 1.807) is 0 Å². The van der Waals surface area contributed by atoms with Crippen molar-refractivity contribution in [2.75, 3.05) is 11.9 Å². The standard InChI is InChI=1S/C13H22N2O/c1-4-7-14-13-11-6-5-10(9(2)3)8-12(11)16-15-13/h9-10H,4-8H2,1-3H3,(H,14,15). The first-order chi connectivity index (χ1) is 7.72. The molecule has 1 N–H and O–H groups in total. The van der Waals surface area contributed by atoms with Crippen LogP contribution in [-0.2, 0) is 12.8 Å². The zero-order chi connectivity index (χ0) is 11.5. The quantitative estimate of drug-likeness (QED) is 0.849. The first-order valence-corrected chi connectivity index (χ1v) is 6.43. The van der Waals surface area contributed by atoms with Crippen LogP contribution in [0.15, 0.2) is 4.52 Å². The number of aromatic nitrogens is 1. The summed E-state index contributed by atoms with van der Waals surface area (Å²) in [5, 5.41) is 7.48. The highest BCUT2D eigenvalue weighted by Gasteiger charge is 2.27. The number of nitrogens with zero attached hydrogens (tertiary/aromatic N) is 1. The third kappa shape index (κ3) is 2.23. The molecule has 1 aliphatic carbocycles. The van der Waals surface area contributed by atoms with E-state index >= 15 is 0 Å². The zero-order valence-electron chi connectivity index (χ0n) is 10.5. The SMILES string of the molecule is CCCNc1noc2c1CCC(C(C)C)C2. The van der Waals surface area contributed by atoms with Gasteiger partial charge in [-0.15, -0.1) is 0 Å². The Balaban J connectivity index is 2.08. The highest BCUT2D eigenvalue weighted by atomic mass is 16.5. The fraction of sp³-hybridized carbons (Fsp3) is 0.769. The largest absolute Gasteiger partial charge is 0.367 e. The zero-order valence-corrected chi connectivity index (χ0v) is 10.5. The predicted molar refractivity (Wildman–Crippen MR) is 65.6 cm³/mol. The molecule has 1 heterocycles. The van der Waals surface area contributed by atoms with Crippen LogP contribution < -0.4 is 5.32 Å². The van der Waals surface area contributed by atoms with Crippen molar-refractivity contribution in [2.45, 2.75) is 46.5 Å². The van der Waals surface area contributed by atoms with Crippen LogP contribution in [0, 0.1) is 11.8 Å². The molecule has 1 unspecified atom stereocenters. The van der Waals surface area contributed by atoms with E-state index in [2.05, 4.69) is 31.2 Å². The molecule has 0 radical (unpaired) electrons. The van der Waals surface area contributed by atoms with Crippen LogP contribution in [0.2, 0.25) is 0 Å². The van der Waals surface area contributed by atoms with Gasteiger partial charge in [-0.3, -0.25) is 0 Å². The van der Waals surface area contributed by atoms with Gasteiger partial charge in [0.25, 0.3) is 0 Å². The molecular weight excluding hydrogens is 200 g/mol. The normalized spacial score (nSPS) is 19.9. The molecule has 0 aliphatic heterocycles. The summed E-state index contributed by atoms with van der Waals surface area (Å²) in [6.07, 6.45) is 4.57. The summed E-state index contributed by atoms with van der Waals surface area (Å²) < 4.78 is 5.45. The summed E-state index contributed by atoms with van der Waals surface area (Å²) in [6, 6.07) is 0. The van der Waals surface area contributed by atoms with Gasteiger partial charge in [0.05, 0.1) is 0 Å². The van der Waals surface area contributed by atoms with Gasteiger partial charge in [-0.2, -0.15) is 0 Å². The molecule has 1 aromatic rings. The third-order valence-corrected chi connectivity index (χ3v) is 3.57. The van der Waals surface area contributed by atoms with Gasteiger partial charge in [-0.1, -0.05) is 25.9 Å². The van der Waals surface area contributed by atoms with Crippen LogP contribution in [-0.4, -0.2) is 11.7 Å². The monoisotopic (exact) mass is 222 g/mol. The molecule has 3 heteroatoms. The number of hydrogen-bond donors (Lipinski definition) is 1. The fourth-order valence-corrected chi connectivity index (χ4v) is 2.38. The molecular formula is C13H22N2O. The fourth-order valence-electron chi connectivity index (χ4n) is 2.38. The van der Waals surface area contributed by atoms with Gasteiger partial charge in [-0.25, -0.2) is 0 Å². The molecule has 1 aliphatic rings. The molecule has 3 nitrogen and oxygen atoms in total. The van der Waals surface area contributed by atoms with E-state index in [-0.39, 0.29) is 0 Å². The molecule has 0 spiro atoms. The minimum absolute atomic E-state index is 0.741. The van der Waals surface area contributed by atoms with E-state index in [4.69, 9.17) is 4.52 Å². The Hall–Kier alpha value is -0.990. The van der Waals surface area contributed by atoms with Crippen LogP contribution in [0.4, 0.5) is 5.82 Å². The molecule has 0 aromatic carbocycles. The maximum atomic E-state index is 5.45. The maximum Gasteiger partial charge on any atom is 0.172 e. The van der Waals surface area contributed by atoms with Gasteiger partial charge in [0.15, 0.2) is 5.82 Å². The highest BCUT2D eigenvalue weighted by Crippen LogP contribution is 2.33. The van der Waals surface area contributed by atoms with Crippen molar-refractivity contribution in [3.8, 4) is 0 Å². The van der Waals surface area contributed by atoms with Crippen LogP contribution in [0.3, 0.4) is 0 Å². The van der Waals surface area contributed by atoms with Crippen LogP contribution in [0.5, 0.6) is 0 Å². The lowest BCUT2D eigenvalue weighted by Gasteiger charge is -2.24. The van der Waals surface area contributed by atoms with Crippen molar-refractivity contribution < 1.29 is 4.52 Å². The summed E-state index contributed by atoms with van der Waals surface area (Å²) in [4.78, 5) is 0. The first kappa shape index (κ1) is 11.5. The third-order valence-electron chi connectivity index (χ3n) is 3.57. The van der Waals surface area contributed by atoms with Crippen molar-refractivity contribution >= 4 is 5.82 Å². The molecule has 1 atom stereocenters. The summed E-state index contributed by atoms with van der Waals surface area (Å²) in [7, 11) is 0. The molecule has 2 rings (SSSR count). The molecule has 0 saturated heterocycles. The second-order valence-electron chi connectivity index (χ2n) is 5.11. The average molecular weight is 222 g/mol. The summed E-state index contributed by atoms with van der Waals surface area (Å²) >= 11 is 0. The van der Waals surface area contributed by atoms with Crippen LogP contribution in [0.25, 0.3) is 0 Å². The van der Waals surface area contributed by atoms with Crippen molar-refractivity contribution in [1.82, 2.24) is 5.16 Å². The number of nitrogens with one attached hydrogen (secondary N) is 1. The second-order valence-corrected chi connectivity index (χ2v) is 5.11. The Morgan fingerprint density at radius 3 is 3.00 bits per heavy atom. The van der Waals surface area contributed by atoms with E-state index in [0.29, 0.717) is 0 Å². The van der Waals surface area contributed by atoms with Crippen LogP contribution >= 0.6 is 0 Å². The van der Waals surface area contributed by atoms with E-state index in [1.807, 2.05) is 0 Å². The van der Waals surface area contributed by atoms with Crippen molar-refractivity contribution in [3.05, 3.63) is 11.3 Å². The first-order valence-electron chi connectivity index (χ1n) is 6.43. The van der Waals surface area contributed by atoms with E-state index < -0.39 is 0 Å². The Kier molecular flexibility index (Phi) is 3.52. The smallest absolute Gasteiger partial charge is 0.172 e. The summed E-state index contributed by atoms with van der Waals surface area (Å²) in [6.45, 7) is 7.73. The number of fused-ring (bicyclic) bond motifs is 1. The van der Waals surface area contributed by atoms with Crippen molar-refractivity contribution in [1.29, 1.82) is 0 Å². The van der Waals surface area contributed by atoms with Gasteiger partial charge in [0, 0.05) is 18.5 Å². The van der Waals surface area contributed by atoms with E-state index in [9.17, 15) is 0 Å². The van der Waals surface area contributed by atoms with E-state index in [0.717, 1.165) is 49.2 Å². The average Bonchev–Trinajstić information content (AvgIpc) is 2.68. The lowest BCUT2D eigenvalue weighted by molar-refractivity contribution is 0.290. The summed E-state index contributed by atoms with van der Waals surface area (Å²) in [5.41, 5.74) is 1.32. The minimum Gasteiger partial charge on any atom is -0.367 e. The van der Waals surface area contributed by atoms with Gasteiger partial charge < -0.3 is 9.84 Å². The molecule has 16 heavy (non-hydrogen) atoms. The molecule has 0 fully saturated rings. The molecule has 0 saturated carbocycles. The van der Waals surface area contributed by atoms with Crippen LogP contribution in [0.1, 0.15) is 44.9 Å². The Bertz CT molecular complexity index is 344. The number of hydrogen-bond acceptors (Lipinski definition) is 3. The Morgan fingerprint density at radius 1 is 1.50 bits per heavy atom. The number of rotatable bonds is 4. The highest BCUT2D eigenvalue weighted by molar-refractivity contribution is 5.46. The lowest BCUT2D eigenvalue weighted by atomic mass is 9.81. The van der Waals surface area contributed by atoms with Gasteiger partial charge in [0.2, 0.25) is 0 Å². The van der Waals surface area contributed by atoms with E-state index in [1.165, 1.54) is 12.0 Å². The minimum atomic E-state index is 0.741. The topological polar surface area (TPSA) is 38.1 Å². The van der Waals surface area contributed by atoms with Gasteiger partial charge in [-0.05, 0) is 31.1 Å². The predicted octanol–water partition coefficient (Wildman–Crippen LogP) is 3.26. The molecule has 0 amide bonds. The van der Waals surface area contributed by atoms with Gasteiger partial charge in [0.1, 0.15) is 5.76 Å². The molecule has 90 valence electrons. The Labute approximate surface area is 97.6 Å². The second kappa shape index (κ2) is 4.89. The molecule has 1 aromatic heterocycles. The summed E-state index contributed by atoms with van der Waals surface area (Å²) in [5.74, 6) is 3.60. The van der Waals surface area contributed by atoms with Gasteiger partial charge >= 0.3 is 0 Å². The van der Waals surface area contributed by atoms with Crippen molar-refractivity contribution in [2.24, 2.45) is 11.8 Å². The number of anilines is 1. The maximum absolute atomic E-state index is 5.45. The molecule has 0 bridgehead atoms.